The zero-order valence-electron chi connectivity index (χ0n) is 19.7. The molecular formula is C28H30Cl2N2O. The first-order valence-electron chi connectivity index (χ1n) is 11.5. The topological polar surface area (TPSA) is 34.5 Å². The Balaban J connectivity index is 1.66. The first-order valence-corrected chi connectivity index (χ1v) is 12.3. The summed E-state index contributed by atoms with van der Waals surface area (Å²) < 4.78 is 5.92. The number of rotatable bonds is 7. The molecule has 1 aromatic heterocycles. The molecule has 1 aliphatic heterocycles. The summed E-state index contributed by atoms with van der Waals surface area (Å²) in [6.07, 6.45) is 3.03. The highest BCUT2D eigenvalue weighted by molar-refractivity contribution is 6.29. The molecule has 0 N–H and O–H groups in total. The highest BCUT2D eigenvalue weighted by Crippen LogP contribution is 2.36. The van der Waals surface area contributed by atoms with E-state index in [0.717, 1.165) is 58.3 Å². The van der Waals surface area contributed by atoms with Crippen molar-refractivity contribution in [3.05, 3.63) is 87.7 Å². The molecule has 0 bridgehead atoms. The van der Waals surface area contributed by atoms with Gasteiger partial charge >= 0.3 is 0 Å². The van der Waals surface area contributed by atoms with Crippen molar-refractivity contribution in [3.63, 3.8) is 0 Å². The third-order valence-electron chi connectivity index (χ3n) is 5.97. The molecule has 172 valence electrons. The largest absolute Gasteiger partial charge is 0.475 e. The molecule has 0 saturated heterocycles. The Labute approximate surface area is 206 Å². The van der Waals surface area contributed by atoms with E-state index in [2.05, 4.69) is 69.1 Å². The Bertz CT molecular complexity index is 1170. The van der Waals surface area contributed by atoms with Crippen molar-refractivity contribution < 1.29 is 4.74 Å². The molecule has 0 fully saturated rings. The van der Waals surface area contributed by atoms with Gasteiger partial charge in [0.2, 0.25) is 5.90 Å². The van der Waals surface area contributed by atoms with E-state index >= 15 is 0 Å². The maximum Gasteiger partial charge on any atom is 0.217 e. The number of aliphatic imine (C=N–C) groups is 1. The number of nitrogens with zero attached hydrogens (tertiary/aromatic N) is 2. The third-order valence-corrected chi connectivity index (χ3v) is 6.64. The zero-order chi connectivity index (χ0) is 23.6. The molecular weight excluding hydrogens is 451 g/mol. The predicted octanol–water partition coefficient (Wildman–Crippen LogP) is 7.94. The van der Waals surface area contributed by atoms with Crippen LogP contribution in [-0.2, 0) is 11.2 Å². The molecule has 2 heterocycles. The minimum Gasteiger partial charge on any atom is -0.475 e. The van der Waals surface area contributed by atoms with Gasteiger partial charge in [-0.1, -0.05) is 67.4 Å². The normalized spacial score (nSPS) is 15.8. The average Bonchev–Trinajstić information content (AvgIpc) is 3.16. The molecule has 1 aliphatic rings. The molecule has 1 atom stereocenters. The van der Waals surface area contributed by atoms with Gasteiger partial charge in [0.1, 0.15) is 11.8 Å². The van der Waals surface area contributed by atoms with E-state index < -0.39 is 0 Å². The van der Waals surface area contributed by atoms with Gasteiger partial charge in [-0.3, -0.25) is 0 Å². The Morgan fingerprint density at radius 2 is 1.76 bits per heavy atom. The quantitative estimate of drug-likeness (QED) is 0.254. The number of benzene rings is 2. The van der Waals surface area contributed by atoms with E-state index in [4.69, 9.17) is 32.9 Å². The molecule has 5 heteroatoms. The molecule has 0 saturated carbocycles. The molecule has 33 heavy (non-hydrogen) atoms. The van der Waals surface area contributed by atoms with Crippen molar-refractivity contribution >= 4 is 29.1 Å². The summed E-state index contributed by atoms with van der Waals surface area (Å²) in [6, 6.07) is 18.6. The van der Waals surface area contributed by atoms with Crippen LogP contribution in [0.3, 0.4) is 0 Å². The Hall–Kier alpha value is -2.36. The maximum absolute atomic E-state index is 7.02. The van der Waals surface area contributed by atoms with E-state index in [0.29, 0.717) is 17.7 Å². The van der Waals surface area contributed by atoms with E-state index in [9.17, 15) is 0 Å². The fourth-order valence-corrected chi connectivity index (χ4v) is 4.94. The molecule has 0 spiro atoms. The van der Waals surface area contributed by atoms with E-state index in [-0.39, 0.29) is 10.9 Å². The highest BCUT2D eigenvalue weighted by Gasteiger charge is 2.28. The first-order chi connectivity index (χ1) is 15.8. The number of hydrogen-bond acceptors (Lipinski definition) is 3. The molecule has 0 aliphatic carbocycles. The SMILES string of the molecule is CCCCc1nc(Cl)cc(C)c1C(Cl)c1ccc(-c2ccccc2C2=NC(C)(C)CO2)cc1. The van der Waals surface area contributed by atoms with Crippen LogP contribution in [0.15, 0.2) is 59.6 Å². The number of halogens is 2. The van der Waals surface area contributed by atoms with Crippen molar-refractivity contribution in [1.82, 2.24) is 4.98 Å². The van der Waals surface area contributed by atoms with Gasteiger partial charge in [0.25, 0.3) is 0 Å². The second-order valence-electron chi connectivity index (χ2n) is 9.27. The third kappa shape index (κ3) is 5.26. The van der Waals surface area contributed by atoms with Crippen LogP contribution in [0, 0.1) is 6.92 Å². The van der Waals surface area contributed by atoms with Gasteiger partial charge in [-0.15, -0.1) is 11.6 Å². The molecule has 3 nitrogen and oxygen atoms in total. The number of pyridine rings is 1. The zero-order valence-corrected chi connectivity index (χ0v) is 21.2. The molecule has 2 aromatic carbocycles. The first kappa shape index (κ1) is 23.8. The number of aryl methyl sites for hydroxylation is 2. The number of unbranched alkanes of at least 4 members (excludes halogenated alkanes) is 1. The Morgan fingerprint density at radius 3 is 2.39 bits per heavy atom. The van der Waals surface area contributed by atoms with E-state index in [1.54, 1.807) is 0 Å². The second-order valence-corrected chi connectivity index (χ2v) is 10.1. The number of aromatic nitrogens is 1. The van der Waals surface area contributed by atoms with Gasteiger partial charge in [-0.05, 0) is 73.6 Å². The van der Waals surface area contributed by atoms with Crippen LogP contribution < -0.4 is 0 Å². The maximum atomic E-state index is 7.02. The number of alkyl halides is 1. The lowest BCUT2D eigenvalue weighted by atomic mass is 9.94. The van der Waals surface area contributed by atoms with Crippen LogP contribution in [0.2, 0.25) is 5.15 Å². The highest BCUT2D eigenvalue weighted by atomic mass is 35.5. The monoisotopic (exact) mass is 480 g/mol. The van der Waals surface area contributed by atoms with Crippen molar-refractivity contribution in [3.8, 4) is 11.1 Å². The Morgan fingerprint density at radius 1 is 1.06 bits per heavy atom. The van der Waals surface area contributed by atoms with Crippen molar-refractivity contribution in [2.75, 3.05) is 6.61 Å². The summed E-state index contributed by atoms with van der Waals surface area (Å²) in [4.78, 5) is 9.37. The van der Waals surface area contributed by atoms with Crippen LogP contribution in [0.25, 0.3) is 11.1 Å². The number of ether oxygens (including phenoxy) is 1. The lowest BCUT2D eigenvalue weighted by Gasteiger charge is -2.18. The smallest absolute Gasteiger partial charge is 0.217 e. The lowest BCUT2D eigenvalue weighted by molar-refractivity contribution is 0.279. The molecule has 1 unspecified atom stereocenters. The predicted molar refractivity (Wildman–Crippen MR) is 139 cm³/mol. The summed E-state index contributed by atoms with van der Waals surface area (Å²) in [6.45, 7) is 9.00. The second kappa shape index (κ2) is 9.87. The van der Waals surface area contributed by atoms with E-state index in [1.165, 1.54) is 0 Å². The van der Waals surface area contributed by atoms with Gasteiger partial charge in [0.15, 0.2) is 0 Å². The van der Waals surface area contributed by atoms with Gasteiger partial charge in [0.05, 0.1) is 10.9 Å². The van der Waals surface area contributed by atoms with Gasteiger partial charge < -0.3 is 4.74 Å². The molecule has 0 amide bonds. The summed E-state index contributed by atoms with van der Waals surface area (Å²) in [5, 5.41) is 0.243. The molecule has 0 radical (unpaired) electrons. The van der Waals surface area contributed by atoms with E-state index in [1.807, 2.05) is 18.2 Å². The average molecular weight is 481 g/mol. The van der Waals surface area contributed by atoms with Gasteiger partial charge in [0, 0.05) is 11.3 Å². The lowest BCUT2D eigenvalue weighted by Crippen LogP contribution is -2.17. The van der Waals surface area contributed by atoms with Crippen molar-refractivity contribution in [1.29, 1.82) is 0 Å². The molecule has 3 aromatic rings. The minimum atomic E-state index is -0.283. The summed E-state index contributed by atoms with van der Waals surface area (Å²) in [7, 11) is 0. The summed E-state index contributed by atoms with van der Waals surface area (Å²) in [5.74, 6) is 0.707. The van der Waals surface area contributed by atoms with Crippen LogP contribution in [0.5, 0.6) is 0 Å². The van der Waals surface area contributed by atoms with Crippen molar-refractivity contribution in [2.24, 2.45) is 4.99 Å². The summed E-state index contributed by atoms with van der Waals surface area (Å²) in [5.41, 5.74) is 7.20. The fraction of sp³-hybridized carbons (Fsp3) is 0.357. The van der Waals surface area contributed by atoms with Crippen LogP contribution in [-0.4, -0.2) is 23.0 Å². The van der Waals surface area contributed by atoms with Crippen molar-refractivity contribution in [2.45, 2.75) is 57.9 Å². The Kier molecular flexibility index (Phi) is 7.11. The van der Waals surface area contributed by atoms with Gasteiger partial charge in [-0.25, -0.2) is 9.98 Å². The van der Waals surface area contributed by atoms with Gasteiger partial charge in [-0.2, -0.15) is 0 Å². The standard InChI is InChI=1S/C28H30Cl2N2O/c1-5-6-11-23-25(18(2)16-24(29)31-23)26(30)20-14-12-19(13-15-20)21-9-7-8-10-22(21)27-32-28(3,4)17-33-27/h7-10,12-16,26H,5-6,11,17H2,1-4H3. The fourth-order valence-electron chi connectivity index (χ4n) is 4.23. The van der Waals surface area contributed by atoms with Crippen LogP contribution >= 0.6 is 23.2 Å². The van der Waals surface area contributed by atoms with Crippen LogP contribution in [0.1, 0.15) is 66.9 Å². The summed E-state index contributed by atoms with van der Waals surface area (Å²) >= 11 is 13.3. The number of hydrogen-bond donors (Lipinski definition) is 0. The minimum absolute atomic E-state index is 0.196. The molecule has 4 rings (SSSR count). The van der Waals surface area contributed by atoms with Crippen LogP contribution in [0.4, 0.5) is 0 Å².